The summed E-state index contributed by atoms with van der Waals surface area (Å²) in [6.45, 7) is -0.315. The van der Waals surface area contributed by atoms with Gasteiger partial charge in [-0.05, 0) is 36.4 Å². The van der Waals surface area contributed by atoms with Crippen LogP contribution in [0.15, 0.2) is 114 Å². The quantitative estimate of drug-likeness (QED) is 0.244. The summed E-state index contributed by atoms with van der Waals surface area (Å²) in [5, 5.41) is 0. The molecule has 0 N–H and O–H groups in total. The number of esters is 3. The lowest BCUT2D eigenvalue weighted by Gasteiger charge is -2.25. The Labute approximate surface area is 228 Å². The van der Waals surface area contributed by atoms with Gasteiger partial charge < -0.3 is 23.5 Å². The largest absolute Gasteiger partial charge is 0.459 e. The molecule has 1 aliphatic rings. The van der Waals surface area contributed by atoms with E-state index < -0.39 is 48.0 Å². The molecule has 2 heterocycles. The molecule has 10 nitrogen and oxygen atoms in total. The van der Waals surface area contributed by atoms with Gasteiger partial charge in [-0.2, -0.15) is 4.98 Å². The van der Waals surface area contributed by atoms with Crippen molar-refractivity contribution >= 4 is 17.9 Å². The molecule has 1 saturated heterocycles. The van der Waals surface area contributed by atoms with E-state index in [1.54, 1.807) is 91.0 Å². The monoisotopic (exact) mass is 540 g/mol. The van der Waals surface area contributed by atoms with Gasteiger partial charge in [-0.15, -0.1) is 0 Å². The number of carbonyl (C=O) groups excluding carboxylic acids is 3. The Hall–Kier alpha value is -5.09. The second-order valence-electron chi connectivity index (χ2n) is 8.85. The van der Waals surface area contributed by atoms with E-state index in [0.29, 0.717) is 5.56 Å². The average Bonchev–Trinajstić information content (AvgIpc) is 3.33. The van der Waals surface area contributed by atoms with Gasteiger partial charge in [0.1, 0.15) is 19.0 Å². The van der Waals surface area contributed by atoms with Crippen molar-refractivity contribution in [3.05, 3.63) is 137 Å². The first-order valence-corrected chi connectivity index (χ1v) is 12.4. The lowest BCUT2D eigenvalue weighted by Crippen LogP contribution is -2.41. The van der Waals surface area contributed by atoms with E-state index in [1.165, 1.54) is 23.2 Å². The fourth-order valence-electron chi connectivity index (χ4n) is 4.20. The van der Waals surface area contributed by atoms with Crippen LogP contribution >= 0.6 is 0 Å². The highest BCUT2D eigenvalue weighted by Crippen LogP contribution is 2.35. The number of ether oxygens (including phenoxy) is 4. The zero-order valence-electron chi connectivity index (χ0n) is 21.1. The number of nitrogens with zero attached hydrogens (tertiary/aromatic N) is 2. The standard InChI is InChI=1S/C30H24N2O8/c33-24-16-17-32(19-31-24)27-26(40-30(36)22-14-8-3-9-15-22)25(39-29(35)21-12-6-2-7-13-21)23(38-27)18-37-28(34)20-10-4-1-5-11-20/h1-17,19,23,25-27H,18H2/t23-,25-,26-,27?/m1/s1. The summed E-state index contributed by atoms with van der Waals surface area (Å²) in [5.74, 6) is -1.98. The van der Waals surface area contributed by atoms with Gasteiger partial charge in [0.15, 0.2) is 18.4 Å². The zero-order chi connectivity index (χ0) is 27.9. The average molecular weight is 541 g/mol. The van der Waals surface area contributed by atoms with Crippen LogP contribution in [0.5, 0.6) is 0 Å². The third kappa shape index (κ3) is 6.13. The summed E-state index contributed by atoms with van der Waals surface area (Å²) in [6, 6.07) is 26.2. The molecule has 5 rings (SSSR count). The minimum Gasteiger partial charge on any atom is -0.459 e. The summed E-state index contributed by atoms with van der Waals surface area (Å²) >= 11 is 0. The molecule has 0 saturated carbocycles. The van der Waals surface area contributed by atoms with E-state index in [2.05, 4.69) is 4.98 Å². The van der Waals surface area contributed by atoms with Crippen LogP contribution in [0, 0.1) is 0 Å². The van der Waals surface area contributed by atoms with Gasteiger partial charge >= 0.3 is 17.9 Å². The molecule has 1 aliphatic heterocycles. The van der Waals surface area contributed by atoms with E-state index in [4.69, 9.17) is 18.9 Å². The van der Waals surface area contributed by atoms with Crippen LogP contribution in [0.3, 0.4) is 0 Å². The lowest BCUT2D eigenvalue weighted by atomic mass is 10.1. The van der Waals surface area contributed by atoms with Crippen molar-refractivity contribution in [2.24, 2.45) is 0 Å². The molecule has 0 aliphatic carbocycles. The van der Waals surface area contributed by atoms with Crippen LogP contribution < -0.4 is 5.56 Å². The normalized spacial score (nSPS) is 19.9. The molecule has 10 heteroatoms. The number of carbonyl (C=O) groups is 3. The van der Waals surface area contributed by atoms with Crippen LogP contribution in [-0.2, 0) is 18.9 Å². The van der Waals surface area contributed by atoms with Crippen molar-refractivity contribution in [1.82, 2.24) is 9.55 Å². The Bertz CT molecular complexity index is 1510. The fourth-order valence-corrected chi connectivity index (χ4v) is 4.20. The summed E-state index contributed by atoms with van der Waals surface area (Å²) < 4.78 is 24.8. The molecular weight excluding hydrogens is 516 g/mol. The second kappa shape index (κ2) is 12.2. The third-order valence-corrected chi connectivity index (χ3v) is 6.18. The van der Waals surface area contributed by atoms with Crippen LogP contribution in [0.2, 0.25) is 0 Å². The number of hydrogen-bond donors (Lipinski definition) is 0. The van der Waals surface area contributed by atoms with Gasteiger partial charge in [0.25, 0.3) is 5.56 Å². The maximum Gasteiger partial charge on any atom is 0.338 e. The van der Waals surface area contributed by atoms with Crippen molar-refractivity contribution in [2.75, 3.05) is 6.61 Å². The first kappa shape index (κ1) is 26.5. The first-order chi connectivity index (χ1) is 19.5. The maximum atomic E-state index is 13.1. The molecule has 4 aromatic rings. The highest BCUT2D eigenvalue weighted by atomic mass is 16.7. The van der Waals surface area contributed by atoms with Gasteiger partial charge in [0.2, 0.25) is 0 Å². The smallest absolute Gasteiger partial charge is 0.338 e. The van der Waals surface area contributed by atoms with E-state index in [-0.39, 0.29) is 17.7 Å². The molecule has 40 heavy (non-hydrogen) atoms. The summed E-state index contributed by atoms with van der Waals surface area (Å²) in [5.41, 5.74) is 0.384. The zero-order valence-corrected chi connectivity index (χ0v) is 21.1. The number of aromatic nitrogens is 2. The Kier molecular flexibility index (Phi) is 8.07. The van der Waals surface area contributed by atoms with E-state index in [9.17, 15) is 19.2 Å². The minimum absolute atomic E-state index is 0.268. The molecule has 0 bridgehead atoms. The Morgan fingerprint density at radius 1 is 0.700 bits per heavy atom. The SMILES string of the molecule is O=C(OC[C@H]1OC(n2ccc(=O)nc2)[C@H](OC(=O)c2ccccc2)[C@@H]1OC(=O)c1ccccc1)c1ccccc1. The number of benzene rings is 3. The van der Waals surface area contributed by atoms with Gasteiger partial charge in [-0.1, -0.05) is 54.6 Å². The predicted octanol–water partition coefficient (Wildman–Crippen LogP) is 3.45. The van der Waals surface area contributed by atoms with Crippen LogP contribution in [0.1, 0.15) is 37.3 Å². The first-order valence-electron chi connectivity index (χ1n) is 12.4. The summed E-state index contributed by atoms with van der Waals surface area (Å²) in [7, 11) is 0. The van der Waals surface area contributed by atoms with Crippen molar-refractivity contribution in [3.63, 3.8) is 0 Å². The van der Waals surface area contributed by atoms with Gasteiger partial charge in [-0.25, -0.2) is 14.4 Å². The van der Waals surface area contributed by atoms with Crippen molar-refractivity contribution < 1.29 is 33.3 Å². The molecule has 1 unspecified atom stereocenters. The van der Waals surface area contributed by atoms with Crippen molar-refractivity contribution in [1.29, 1.82) is 0 Å². The van der Waals surface area contributed by atoms with E-state index >= 15 is 0 Å². The summed E-state index contributed by atoms with van der Waals surface area (Å²) in [6.07, 6.45) is -1.82. The molecule has 0 spiro atoms. The highest BCUT2D eigenvalue weighted by Gasteiger charge is 2.51. The molecule has 0 amide bonds. The van der Waals surface area contributed by atoms with Gasteiger partial charge in [0, 0.05) is 12.3 Å². The molecule has 3 aromatic carbocycles. The van der Waals surface area contributed by atoms with Crippen LogP contribution in [0.25, 0.3) is 0 Å². The lowest BCUT2D eigenvalue weighted by molar-refractivity contribution is -0.0626. The van der Waals surface area contributed by atoms with E-state index in [0.717, 1.165) is 0 Å². The molecule has 1 aromatic heterocycles. The third-order valence-electron chi connectivity index (χ3n) is 6.18. The van der Waals surface area contributed by atoms with Crippen molar-refractivity contribution in [2.45, 2.75) is 24.5 Å². The Balaban J connectivity index is 1.46. The predicted molar refractivity (Wildman–Crippen MR) is 140 cm³/mol. The number of hydrogen-bond acceptors (Lipinski definition) is 9. The Morgan fingerprint density at radius 3 is 1.70 bits per heavy atom. The topological polar surface area (TPSA) is 123 Å². The molecular formula is C30H24N2O8. The molecule has 202 valence electrons. The van der Waals surface area contributed by atoms with E-state index in [1.807, 2.05) is 0 Å². The fraction of sp³-hybridized carbons (Fsp3) is 0.167. The minimum atomic E-state index is -1.19. The van der Waals surface area contributed by atoms with Gasteiger partial charge in [0.05, 0.1) is 16.7 Å². The molecule has 0 radical (unpaired) electrons. The molecule has 1 fully saturated rings. The van der Waals surface area contributed by atoms with Crippen LogP contribution in [0.4, 0.5) is 0 Å². The molecule has 4 atom stereocenters. The second-order valence-corrected chi connectivity index (χ2v) is 8.85. The van der Waals surface area contributed by atoms with Crippen LogP contribution in [-0.4, -0.2) is 52.4 Å². The number of rotatable bonds is 8. The van der Waals surface area contributed by atoms with Gasteiger partial charge in [-0.3, -0.25) is 4.79 Å². The van der Waals surface area contributed by atoms with Crippen molar-refractivity contribution in [3.8, 4) is 0 Å². The summed E-state index contributed by atoms with van der Waals surface area (Å²) in [4.78, 5) is 54.3. The maximum absolute atomic E-state index is 13.1. The highest BCUT2D eigenvalue weighted by molar-refractivity contribution is 5.91. The Morgan fingerprint density at radius 2 is 1.20 bits per heavy atom.